The van der Waals surface area contributed by atoms with Crippen molar-refractivity contribution in [1.29, 1.82) is 0 Å². The number of likely N-dealkylation sites (N-methyl/N-ethyl adjacent to an activating group) is 1. The van der Waals surface area contributed by atoms with Gasteiger partial charge in [-0.05, 0) is 31.1 Å². The first-order valence-corrected chi connectivity index (χ1v) is 9.99. The number of halogens is 2. The number of rotatable bonds is 9. The van der Waals surface area contributed by atoms with Gasteiger partial charge in [-0.1, -0.05) is 12.8 Å². The Morgan fingerprint density at radius 3 is 2.55 bits per heavy atom. The Labute approximate surface area is 167 Å². The van der Waals surface area contributed by atoms with Crippen LogP contribution >= 0.6 is 0 Å². The standard InChI is InChI=1S/C19H25F2N5O3/c1-22-16(27)13(6-11-2-3-11)24-17(28)14-7-23-15(26-9-19(20,21)10-26)18(25-14)29-8-12-4-5-12/h7,11-13H,2-6,8-10H2,1H3,(H,22,27)(H,24,28). The number of anilines is 1. The van der Waals surface area contributed by atoms with Gasteiger partial charge < -0.3 is 20.3 Å². The van der Waals surface area contributed by atoms with Crippen molar-refractivity contribution in [3.05, 3.63) is 11.9 Å². The Morgan fingerprint density at radius 1 is 1.28 bits per heavy atom. The van der Waals surface area contributed by atoms with Gasteiger partial charge in [0, 0.05) is 7.05 Å². The average Bonchev–Trinajstić information content (AvgIpc) is 3.58. The molecule has 0 radical (unpaired) electrons. The minimum atomic E-state index is -2.75. The van der Waals surface area contributed by atoms with Gasteiger partial charge in [0.25, 0.3) is 17.7 Å². The second-order valence-corrected chi connectivity index (χ2v) is 8.17. The van der Waals surface area contributed by atoms with Crippen LogP contribution in [0.15, 0.2) is 6.20 Å². The van der Waals surface area contributed by atoms with E-state index in [4.69, 9.17) is 4.74 Å². The maximum absolute atomic E-state index is 13.3. The Morgan fingerprint density at radius 2 is 1.97 bits per heavy atom. The van der Waals surface area contributed by atoms with Crippen LogP contribution in [0.1, 0.15) is 42.6 Å². The fraction of sp³-hybridized carbons (Fsp3) is 0.684. The Kier molecular flexibility index (Phi) is 5.26. The van der Waals surface area contributed by atoms with Gasteiger partial charge in [-0.3, -0.25) is 9.59 Å². The smallest absolute Gasteiger partial charge is 0.282 e. The van der Waals surface area contributed by atoms with Gasteiger partial charge in [0.05, 0.1) is 25.9 Å². The van der Waals surface area contributed by atoms with Crippen LogP contribution in [0.2, 0.25) is 0 Å². The molecule has 8 nitrogen and oxygen atoms in total. The van der Waals surface area contributed by atoms with E-state index in [1.807, 2.05) is 0 Å². The summed E-state index contributed by atoms with van der Waals surface area (Å²) in [5, 5.41) is 5.27. The molecule has 0 aromatic carbocycles. The lowest BCUT2D eigenvalue weighted by atomic mass is 10.1. The van der Waals surface area contributed by atoms with Gasteiger partial charge in [-0.25, -0.2) is 18.7 Å². The highest BCUT2D eigenvalue weighted by molar-refractivity contribution is 5.96. The average molecular weight is 409 g/mol. The normalized spacial score (nSPS) is 21.1. The number of ether oxygens (including phenoxy) is 1. The number of aromatic nitrogens is 2. The largest absolute Gasteiger partial charge is 0.475 e. The van der Waals surface area contributed by atoms with Crippen molar-refractivity contribution in [3.63, 3.8) is 0 Å². The monoisotopic (exact) mass is 409 g/mol. The van der Waals surface area contributed by atoms with Gasteiger partial charge in [-0.15, -0.1) is 0 Å². The summed E-state index contributed by atoms with van der Waals surface area (Å²) in [7, 11) is 1.52. The fourth-order valence-electron chi connectivity index (χ4n) is 3.26. The molecule has 0 bridgehead atoms. The molecule has 4 rings (SSSR count). The highest BCUT2D eigenvalue weighted by atomic mass is 19.3. The van der Waals surface area contributed by atoms with Crippen molar-refractivity contribution >= 4 is 17.6 Å². The summed E-state index contributed by atoms with van der Waals surface area (Å²) in [4.78, 5) is 34.5. The summed E-state index contributed by atoms with van der Waals surface area (Å²) in [6, 6.07) is -0.647. The first kappa shape index (κ1) is 19.8. The van der Waals surface area contributed by atoms with Crippen LogP contribution < -0.4 is 20.3 Å². The highest BCUT2D eigenvalue weighted by Gasteiger charge is 2.46. The van der Waals surface area contributed by atoms with E-state index in [9.17, 15) is 18.4 Å². The van der Waals surface area contributed by atoms with Gasteiger partial charge in [0.1, 0.15) is 6.04 Å². The Balaban J connectivity index is 1.48. The second kappa shape index (κ2) is 7.72. The summed E-state index contributed by atoms with van der Waals surface area (Å²) >= 11 is 0. The molecule has 1 aromatic rings. The molecule has 2 heterocycles. The maximum Gasteiger partial charge on any atom is 0.282 e. The number of amides is 2. The van der Waals surface area contributed by atoms with Gasteiger partial charge in [0.15, 0.2) is 11.5 Å². The van der Waals surface area contributed by atoms with Crippen molar-refractivity contribution < 1.29 is 23.1 Å². The molecule has 0 spiro atoms. The van der Waals surface area contributed by atoms with Crippen molar-refractivity contribution in [2.75, 3.05) is 31.6 Å². The van der Waals surface area contributed by atoms with Crippen LogP contribution in [-0.2, 0) is 4.79 Å². The Hall–Kier alpha value is -2.52. The SMILES string of the molecule is CNC(=O)C(CC1CC1)NC(=O)c1cnc(N2CC(F)(F)C2)c(OCC2CC2)n1. The van der Waals surface area contributed by atoms with Crippen LogP contribution in [0, 0.1) is 11.8 Å². The minimum Gasteiger partial charge on any atom is -0.475 e. The van der Waals surface area contributed by atoms with Crippen molar-refractivity contribution in [1.82, 2.24) is 20.6 Å². The molecule has 2 saturated carbocycles. The van der Waals surface area contributed by atoms with E-state index >= 15 is 0 Å². The van der Waals surface area contributed by atoms with E-state index in [2.05, 4.69) is 20.6 Å². The van der Waals surface area contributed by atoms with Gasteiger partial charge in [0.2, 0.25) is 5.91 Å². The van der Waals surface area contributed by atoms with E-state index in [-0.39, 0.29) is 23.3 Å². The lowest BCUT2D eigenvalue weighted by Gasteiger charge is -2.39. The molecule has 3 aliphatic rings. The van der Waals surface area contributed by atoms with Gasteiger partial charge in [-0.2, -0.15) is 0 Å². The van der Waals surface area contributed by atoms with Crippen molar-refractivity contribution in [2.24, 2.45) is 11.8 Å². The molecule has 29 heavy (non-hydrogen) atoms. The van der Waals surface area contributed by atoms with Crippen molar-refractivity contribution in [2.45, 2.75) is 44.1 Å². The predicted molar refractivity (Wildman–Crippen MR) is 100 cm³/mol. The molecule has 1 aromatic heterocycles. The quantitative estimate of drug-likeness (QED) is 0.640. The maximum atomic E-state index is 13.3. The molecule has 1 aliphatic heterocycles. The molecular weight excluding hydrogens is 384 g/mol. The van der Waals surface area contributed by atoms with Crippen LogP contribution in [-0.4, -0.2) is 60.5 Å². The molecular formula is C19H25F2N5O3. The number of alkyl halides is 2. The number of hydrogen-bond donors (Lipinski definition) is 2. The van der Waals surface area contributed by atoms with E-state index in [1.54, 1.807) is 0 Å². The zero-order valence-corrected chi connectivity index (χ0v) is 16.3. The van der Waals surface area contributed by atoms with E-state index in [0.29, 0.717) is 24.9 Å². The van der Waals surface area contributed by atoms with Gasteiger partial charge >= 0.3 is 0 Å². The predicted octanol–water partition coefficient (Wildman–Crippen LogP) is 1.37. The van der Waals surface area contributed by atoms with E-state index < -0.39 is 31.0 Å². The molecule has 1 saturated heterocycles. The fourth-order valence-corrected chi connectivity index (χ4v) is 3.26. The lowest BCUT2D eigenvalue weighted by Crippen LogP contribution is -2.56. The van der Waals surface area contributed by atoms with Crippen molar-refractivity contribution in [3.8, 4) is 5.88 Å². The summed E-state index contributed by atoms with van der Waals surface area (Å²) < 4.78 is 32.2. The molecule has 10 heteroatoms. The second-order valence-electron chi connectivity index (χ2n) is 8.17. The summed E-state index contributed by atoms with van der Waals surface area (Å²) in [5.74, 6) is -2.39. The summed E-state index contributed by atoms with van der Waals surface area (Å²) in [5.41, 5.74) is -0.00321. The summed E-state index contributed by atoms with van der Waals surface area (Å²) in [6.45, 7) is -0.486. The number of nitrogens with one attached hydrogen (secondary N) is 2. The number of carbonyl (C=O) groups is 2. The zero-order chi connectivity index (χ0) is 20.6. The molecule has 158 valence electrons. The van der Waals surface area contributed by atoms with E-state index in [0.717, 1.165) is 25.7 Å². The third kappa shape index (κ3) is 4.91. The molecule has 1 atom stereocenters. The highest BCUT2D eigenvalue weighted by Crippen LogP contribution is 2.37. The molecule has 3 fully saturated rings. The number of nitrogens with zero attached hydrogens (tertiary/aromatic N) is 3. The zero-order valence-electron chi connectivity index (χ0n) is 16.3. The third-order valence-electron chi connectivity index (χ3n) is 5.39. The first-order chi connectivity index (χ1) is 13.8. The topological polar surface area (TPSA) is 96.5 Å². The third-order valence-corrected chi connectivity index (χ3v) is 5.39. The van der Waals surface area contributed by atoms with Crippen LogP contribution in [0.25, 0.3) is 0 Å². The van der Waals surface area contributed by atoms with Crippen LogP contribution in [0.3, 0.4) is 0 Å². The Bertz CT molecular complexity index is 790. The summed E-state index contributed by atoms with van der Waals surface area (Å²) in [6.07, 6.45) is 6.03. The lowest BCUT2D eigenvalue weighted by molar-refractivity contribution is -0.122. The molecule has 2 N–H and O–H groups in total. The van der Waals surface area contributed by atoms with E-state index in [1.165, 1.54) is 18.1 Å². The molecule has 2 amide bonds. The van der Waals surface area contributed by atoms with Crippen LogP contribution in [0.4, 0.5) is 14.6 Å². The molecule has 2 aliphatic carbocycles. The van der Waals surface area contributed by atoms with Crippen LogP contribution in [0.5, 0.6) is 5.88 Å². The number of carbonyl (C=O) groups excluding carboxylic acids is 2. The number of hydrogen-bond acceptors (Lipinski definition) is 6. The minimum absolute atomic E-state index is 0.00321. The first-order valence-electron chi connectivity index (χ1n) is 9.99. The molecule has 1 unspecified atom stereocenters.